The van der Waals surface area contributed by atoms with Crippen molar-refractivity contribution >= 4 is 49.1 Å². The molecule has 0 heterocycles. The van der Waals surface area contributed by atoms with E-state index < -0.39 is 4.92 Å². The largest absolute Gasteiger partial charge is 0.454 e. The Hall–Kier alpha value is -1.62. The molecule has 0 saturated carbocycles. The molecule has 2 aromatic carbocycles. The third-order valence-electron chi connectivity index (χ3n) is 2.47. The number of nitrogens with zero attached hydrogens (tertiary/aromatic N) is 2. The number of rotatable bonds is 3. The zero-order valence-electron chi connectivity index (χ0n) is 10.1. The lowest BCUT2D eigenvalue weighted by molar-refractivity contribution is -0.385. The van der Waals surface area contributed by atoms with Crippen molar-refractivity contribution in [3.63, 3.8) is 0 Å². The molecule has 0 spiro atoms. The van der Waals surface area contributed by atoms with Crippen molar-refractivity contribution in [2.75, 3.05) is 0 Å². The summed E-state index contributed by atoms with van der Waals surface area (Å²) in [6.45, 7) is 0. The monoisotopic (exact) mass is 430 g/mol. The third kappa shape index (κ3) is 3.53. The normalized spacial score (nSPS) is 10.0. The van der Waals surface area contributed by atoms with Gasteiger partial charge in [-0.05, 0) is 50.1 Å². The first-order chi connectivity index (χ1) is 9.92. The lowest BCUT2D eigenvalue weighted by Crippen LogP contribution is -1.93. The molecule has 0 aliphatic rings. The van der Waals surface area contributed by atoms with E-state index in [4.69, 9.17) is 21.6 Å². The topological polar surface area (TPSA) is 76.2 Å². The van der Waals surface area contributed by atoms with E-state index in [1.54, 1.807) is 12.1 Å². The second kappa shape index (κ2) is 6.43. The van der Waals surface area contributed by atoms with Gasteiger partial charge in [-0.3, -0.25) is 10.1 Å². The summed E-state index contributed by atoms with van der Waals surface area (Å²) in [4.78, 5) is 10.3. The van der Waals surface area contributed by atoms with Crippen LogP contribution in [0.1, 0.15) is 5.56 Å². The van der Waals surface area contributed by atoms with Crippen LogP contribution in [0.25, 0.3) is 0 Å². The highest BCUT2D eigenvalue weighted by atomic mass is 79.9. The van der Waals surface area contributed by atoms with Crippen LogP contribution in [0.2, 0.25) is 5.02 Å². The maximum atomic E-state index is 10.8. The summed E-state index contributed by atoms with van der Waals surface area (Å²) in [7, 11) is 0. The molecule has 5 nitrogen and oxygen atoms in total. The van der Waals surface area contributed by atoms with Gasteiger partial charge in [0.25, 0.3) is 5.69 Å². The number of hydrogen-bond acceptors (Lipinski definition) is 4. The third-order valence-corrected chi connectivity index (χ3v) is 3.88. The number of ether oxygens (including phenoxy) is 1. The SMILES string of the molecule is N#Cc1cc(Cl)ccc1Oc1c(Br)cc([N+](=O)[O-])cc1Br. The molecular weight excluding hydrogens is 427 g/mol. The Balaban J connectivity index is 2.46. The number of benzene rings is 2. The molecule has 0 atom stereocenters. The van der Waals surface area contributed by atoms with Crippen LogP contribution in [0.4, 0.5) is 5.69 Å². The molecule has 0 radical (unpaired) electrons. The first-order valence-electron chi connectivity index (χ1n) is 5.43. The average molecular weight is 432 g/mol. The van der Waals surface area contributed by atoms with E-state index in [0.717, 1.165) is 0 Å². The van der Waals surface area contributed by atoms with Crippen molar-refractivity contribution in [2.45, 2.75) is 0 Å². The Bertz CT molecular complexity index is 751. The van der Waals surface area contributed by atoms with Crippen molar-refractivity contribution in [1.29, 1.82) is 5.26 Å². The minimum atomic E-state index is -0.512. The van der Waals surface area contributed by atoms with Gasteiger partial charge in [0.1, 0.15) is 11.8 Å². The Morgan fingerprint density at radius 3 is 2.38 bits per heavy atom. The summed E-state index contributed by atoms with van der Waals surface area (Å²) in [6, 6.07) is 9.24. The van der Waals surface area contributed by atoms with E-state index in [2.05, 4.69) is 31.9 Å². The fourth-order valence-electron chi connectivity index (χ4n) is 1.54. The van der Waals surface area contributed by atoms with E-state index in [1.807, 2.05) is 6.07 Å². The van der Waals surface area contributed by atoms with E-state index >= 15 is 0 Å². The summed E-state index contributed by atoms with van der Waals surface area (Å²) in [5.41, 5.74) is 0.178. The summed E-state index contributed by atoms with van der Waals surface area (Å²) < 4.78 is 6.44. The van der Waals surface area contributed by atoms with E-state index in [-0.39, 0.29) is 11.3 Å². The molecule has 0 aromatic heterocycles. The highest BCUT2D eigenvalue weighted by molar-refractivity contribution is 9.11. The maximum absolute atomic E-state index is 10.8. The molecule has 2 rings (SSSR count). The van der Waals surface area contributed by atoms with Gasteiger partial charge in [-0.25, -0.2) is 0 Å². The van der Waals surface area contributed by atoms with Crippen LogP contribution in [0.3, 0.4) is 0 Å². The number of non-ortho nitro benzene ring substituents is 1. The zero-order valence-corrected chi connectivity index (χ0v) is 14.1. The van der Waals surface area contributed by atoms with Gasteiger partial charge in [-0.15, -0.1) is 0 Å². The number of nitriles is 1. The van der Waals surface area contributed by atoms with Gasteiger partial charge >= 0.3 is 0 Å². The molecule has 21 heavy (non-hydrogen) atoms. The summed E-state index contributed by atoms with van der Waals surface area (Å²) >= 11 is 12.2. The molecule has 106 valence electrons. The molecule has 0 fully saturated rings. The maximum Gasteiger partial charge on any atom is 0.271 e. The van der Waals surface area contributed by atoms with Gasteiger partial charge in [0.2, 0.25) is 0 Å². The van der Waals surface area contributed by atoms with Crippen molar-refractivity contribution < 1.29 is 9.66 Å². The van der Waals surface area contributed by atoms with Gasteiger partial charge in [0.05, 0.1) is 19.4 Å². The predicted molar refractivity (Wildman–Crippen MR) is 84.7 cm³/mol. The molecule has 0 aliphatic carbocycles. The molecular formula is C13H5Br2ClN2O3. The van der Waals surface area contributed by atoms with E-state index in [0.29, 0.717) is 25.5 Å². The van der Waals surface area contributed by atoms with Gasteiger partial charge in [0, 0.05) is 17.2 Å². The quantitative estimate of drug-likeness (QED) is 0.478. The zero-order chi connectivity index (χ0) is 15.6. The van der Waals surface area contributed by atoms with Crippen LogP contribution >= 0.6 is 43.5 Å². The van der Waals surface area contributed by atoms with Crippen LogP contribution < -0.4 is 4.74 Å². The molecule has 0 N–H and O–H groups in total. The standard InChI is InChI=1S/C13H5Br2ClN2O3/c14-10-4-9(18(19)20)5-11(15)13(10)21-12-2-1-8(16)3-7(12)6-17/h1-5H. The van der Waals surface area contributed by atoms with Crippen LogP contribution in [-0.2, 0) is 0 Å². The molecule has 0 saturated heterocycles. The average Bonchev–Trinajstić information content (AvgIpc) is 2.43. The van der Waals surface area contributed by atoms with Crippen molar-refractivity contribution in [2.24, 2.45) is 0 Å². The minimum Gasteiger partial charge on any atom is -0.454 e. The van der Waals surface area contributed by atoms with Gasteiger partial charge < -0.3 is 4.74 Å². The number of nitro benzene ring substituents is 1. The number of hydrogen-bond donors (Lipinski definition) is 0. The Kier molecular flexibility index (Phi) is 4.83. The summed E-state index contributed by atoms with van der Waals surface area (Å²) in [5, 5.41) is 20.3. The lowest BCUT2D eigenvalue weighted by atomic mass is 10.2. The second-order valence-electron chi connectivity index (χ2n) is 3.85. The fourth-order valence-corrected chi connectivity index (χ4v) is 3.03. The molecule has 2 aromatic rings. The van der Waals surface area contributed by atoms with Crippen LogP contribution in [0, 0.1) is 21.4 Å². The van der Waals surface area contributed by atoms with E-state index in [1.165, 1.54) is 18.2 Å². The highest BCUT2D eigenvalue weighted by Crippen LogP contribution is 2.40. The molecule has 0 aliphatic heterocycles. The fraction of sp³-hybridized carbons (Fsp3) is 0. The van der Waals surface area contributed by atoms with Crippen molar-refractivity contribution in [3.05, 3.63) is 60.0 Å². The molecule has 0 amide bonds. The number of nitro groups is 1. The first kappa shape index (κ1) is 15.8. The highest BCUT2D eigenvalue weighted by Gasteiger charge is 2.17. The van der Waals surface area contributed by atoms with Crippen LogP contribution in [0.15, 0.2) is 39.3 Å². The second-order valence-corrected chi connectivity index (χ2v) is 6.00. The summed E-state index contributed by atoms with van der Waals surface area (Å²) in [5.74, 6) is 0.636. The number of halogens is 3. The lowest BCUT2D eigenvalue weighted by Gasteiger charge is -2.11. The Morgan fingerprint density at radius 1 is 1.24 bits per heavy atom. The van der Waals surface area contributed by atoms with Gasteiger partial charge in [0.15, 0.2) is 5.75 Å². The Labute approximate surface area is 141 Å². The molecule has 0 unspecified atom stereocenters. The first-order valence-corrected chi connectivity index (χ1v) is 7.39. The Morgan fingerprint density at radius 2 is 1.86 bits per heavy atom. The van der Waals surface area contributed by atoms with Crippen molar-refractivity contribution in [3.8, 4) is 17.6 Å². The summed E-state index contributed by atoms with van der Waals surface area (Å²) in [6.07, 6.45) is 0. The van der Waals surface area contributed by atoms with Crippen LogP contribution in [0.5, 0.6) is 11.5 Å². The minimum absolute atomic E-state index is 0.0855. The van der Waals surface area contributed by atoms with E-state index in [9.17, 15) is 10.1 Å². The van der Waals surface area contributed by atoms with Gasteiger partial charge in [-0.1, -0.05) is 11.6 Å². The van der Waals surface area contributed by atoms with Crippen LogP contribution in [-0.4, -0.2) is 4.92 Å². The molecule has 8 heteroatoms. The van der Waals surface area contributed by atoms with Crippen molar-refractivity contribution in [1.82, 2.24) is 0 Å². The molecule has 0 bridgehead atoms. The van der Waals surface area contributed by atoms with Gasteiger partial charge in [-0.2, -0.15) is 5.26 Å². The smallest absolute Gasteiger partial charge is 0.271 e. The predicted octanol–water partition coefficient (Wildman–Crippen LogP) is 5.44.